The quantitative estimate of drug-likeness (QED) is 0.565. The van der Waals surface area contributed by atoms with Crippen molar-refractivity contribution >= 4 is 11.8 Å². The predicted molar refractivity (Wildman–Crippen MR) is 122 cm³/mol. The Morgan fingerprint density at radius 2 is 1.90 bits per heavy atom. The van der Waals surface area contributed by atoms with E-state index in [9.17, 15) is 0 Å². The second-order valence-corrected chi connectivity index (χ2v) is 8.25. The molecule has 160 valence electrons. The number of rotatable bonds is 6. The summed E-state index contributed by atoms with van der Waals surface area (Å²) in [5.41, 5.74) is 2.24. The van der Waals surface area contributed by atoms with Crippen molar-refractivity contribution in [1.29, 1.82) is 0 Å². The van der Waals surface area contributed by atoms with Crippen molar-refractivity contribution in [3.05, 3.63) is 53.7 Å². The van der Waals surface area contributed by atoms with Gasteiger partial charge in [-0.15, -0.1) is 0 Å². The van der Waals surface area contributed by atoms with E-state index in [1.54, 1.807) is 0 Å². The Kier molecular flexibility index (Phi) is 6.72. The van der Waals surface area contributed by atoms with E-state index in [1.165, 1.54) is 24.8 Å². The molecular formula is C24H33N5O. The van der Waals surface area contributed by atoms with Crippen LogP contribution in [0, 0.1) is 6.92 Å². The normalized spacial score (nSPS) is 18.1. The Hall–Kier alpha value is -2.76. The van der Waals surface area contributed by atoms with Crippen molar-refractivity contribution in [2.45, 2.75) is 57.7 Å². The number of guanidine groups is 1. The van der Waals surface area contributed by atoms with E-state index in [0.29, 0.717) is 18.7 Å². The number of benzene rings is 1. The second-order valence-electron chi connectivity index (χ2n) is 8.25. The predicted octanol–water partition coefficient (Wildman–Crippen LogP) is 3.66. The zero-order valence-corrected chi connectivity index (χ0v) is 18.1. The molecule has 30 heavy (non-hydrogen) atoms. The van der Waals surface area contributed by atoms with Crippen molar-refractivity contribution in [3.8, 4) is 5.75 Å². The van der Waals surface area contributed by atoms with Crippen LogP contribution >= 0.6 is 0 Å². The molecule has 1 aromatic heterocycles. The van der Waals surface area contributed by atoms with Gasteiger partial charge in [-0.2, -0.15) is 0 Å². The Morgan fingerprint density at radius 1 is 1.10 bits per heavy atom. The minimum Gasteiger partial charge on any atom is -0.490 e. The van der Waals surface area contributed by atoms with Gasteiger partial charge >= 0.3 is 0 Å². The van der Waals surface area contributed by atoms with Gasteiger partial charge in [-0.1, -0.05) is 24.3 Å². The van der Waals surface area contributed by atoms with Crippen LogP contribution in [0.3, 0.4) is 0 Å². The average Bonchev–Trinajstić information content (AvgIpc) is 2.75. The molecule has 2 fully saturated rings. The summed E-state index contributed by atoms with van der Waals surface area (Å²) >= 11 is 0. The molecule has 1 aromatic carbocycles. The maximum absolute atomic E-state index is 6.15. The summed E-state index contributed by atoms with van der Waals surface area (Å²) in [6.07, 6.45) is 6.14. The van der Waals surface area contributed by atoms with Gasteiger partial charge in [0.15, 0.2) is 5.96 Å². The van der Waals surface area contributed by atoms with Crippen LogP contribution in [0.5, 0.6) is 5.75 Å². The third-order valence-corrected chi connectivity index (χ3v) is 6.02. The van der Waals surface area contributed by atoms with Gasteiger partial charge in [-0.3, -0.25) is 4.99 Å². The van der Waals surface area contributed by atoms with Crippen LogP contribution < -0.4 is 20.3 Å². The van der Waals surface area contributed by atoms with E-state index in [0.717, 1.165) is 49.2 Å². The Labute approximate surface area is 179 Å². The van der Waals surface area contributed by atoms with Crippen molar-refractivity contribution in [1.82, 2.24) is 15.6 Å². The van der Waals surface area contributed by atoms with Gasteiger partial charge in [-0.25, -0.2) is 4.98 Å². The molecule has 0 unspecified atom stereocenters. The highest BCUT2D eigenvalue weighted by atomic mass is 16.5. The largest absolute Gasteiger partial charge is 0.490 e. The highest BCUT2D eigenvalue weighted by molar-refractivity contribution is 5.80. The molecule has 1 aliphatic carbocycles. The monoisotopic (exact) mass is 407 g/mol. The first-order valence-corrected chi connectivity index (χ1v) is 11.1. The molecule has 4 rings (SSSR count). The van der Waals surface area contributed by atoms with Crippen LogP contribution in [0.4, 0.5) is 5.82 Å². The van der Waals surface area contributed by atoms with E-state index in [2.05, 4.69) is 55.8 Å². The highest BCUT2D eigenvalue weighted by Gasteiger charge is 2.22. The smallest absolute Gasteiger partial charge is 0.191 e. The van der Waals surface area contributed by atoms with E-state index < -0.39 is 0 Å². The number of ether oxygens (including phenoxy) is 1. The lowest BCUT2D eigenvalue weighted by Gasteiger charge is -2.34. The Morgan fingerprint density at radius 3 is 2.60 bits per heavy atom. The number of para-hydroxylation sites is 1. The van der Waals surface area contributed by atoms with Crippen LogP contribution in [-0.2, 0) is 6.54 Å². The van der Waals surface area contributed by atoms with Crippen molar-refractivity contribution < 1.29 is 4.74 Å². The topological polar surface area (TPSA) is 61.8 Å². The fourth-order valence-corrected chi connectivity index (χ4v) is 3.96. The summed E-state index contributed by atoms with van der Waals surface area (Å²) in [7, 11) is 1.83. The first kappa shape index (κ1) is 20.5. The van der Waals surface area contributed by atoms with Crippen molar-refractivity contribution in [2.24, 2.45) is 4.99 Å². The van der Waals surface area contributed by atoms with Crippen LogP contribution in [0.2, 0.25) is 0 Å². The minimum absolute atomic E-state index is 0.386. The Bertz CT molecular complexity index is 856. The lowest BCUT2D eigenvalue weighted by atomic mass is 9.96. The lowest BCUT2D eigenvalue weighted by Crippen LogP contribution is -2.48. The van der Waals surface area contributed by atoms with E-state index in [4.69, 9.17) is 4.74 Å². The molecule has 1 saturated carbocycles. The summed E-state index contributed by atoms with van der Waals surface area (Å²) in [6, 6.07) is 15.0. The van der Waals surface area contributed by atoms with Crippen LogP contribution in [0.25, 0.3) is 0 Å². The molecule has 2 heterocycles. The molecule has 0 radical (unpaired) electrons. The van der Waals surface area contributed by atoms with Gasteiger partial charge < -0.3 is 20.3 Å². The standard InChI is InChI=1S/C24H33N5O/c1-18-7-5-12-23(27-18)29-15-13-20(14-16-29)28-24(25-2)26-17-19-8-3-4-11-22(19)30-21-9-6-10-21/h3-5,7-8,11-12,20-21H,6,9-10,13-17H2,1-2H3,(H2,25,26,28). The zero-order chi connectivity index (χ0) is 20.8. The third-order valence-electron chi connectivity index (χ3n) is 6.02. The zero-order valence-electron chi connectivity index (χ0n) is 18.1. The lowest BCUT2D eigenvalue weighted by molar-refractivity contribution is 0.119. The van der Waals surface area contributed by atoms with Gasteiger partial charge in [0.2, 0.25) is 0 Å². The minimum atomic E-state index is 0.386. The van der Waals surface area contributed by atoms with Gasteiger partial charge in [0.25, 0.3) is 0 Å². The number of nitrogens with zero attached hydrogens (tertiary/aromatic N) is 3. The number of anilines is 1. The summed E-state index contributed by atoms with van der Waals surface area (Å²) in [6.45, 7) is 4.75. The van der Waals surface area contributed by atoms with Crippen LogP contribution in [0.15, 0.2) is 47.5 Å². The summed E-state index contributed by atoms with van der Waals surface area (Å²) in [5, 5.41) is 7.06. The first-order valence-electron chi connectivity index (χ1n) is 11.1. The number of piperidine rings is 1. The molecule has 0 amide bonds. The van der Waals surface area contributed by atoms with Gasteiger partial charge in [-0.05, 0) is 57.2 Å². The molecule has 2 aliphatic rings. The SMILES string of the molecule is CN=C(NCc1ccccc1OC1CCC1)NC1CCN(c2cccc(C)n2)CC1. The molecule has 1 saturated heterocycles. The van der Waals surface area contributed by atoms with Crippen molar-refractivity contribution in [3.63, 3.8) is 0 Å². The maximum atomic E-state index is 6.15. The molecule has 0 bridgehead atoms. The number of aliphatic imine (C=N–C) groups is 1. The molecule has 1 aliphatic heterocycles. The van der Waals surface area contributed by atoms with E-state index in [1.807, 2.05) is 26.1 Å². The number of hydrogen-bond acceptors (Lipinski definition) is 4. The van der Waals surface area contributed by atoms with Crippen LogP contribution in [-0.4, -0.2) is 43.2 Å². The van der Waals surface area contributed by atoms with E-state index >= 15 is 0 Å². The Balaban J connectivity index is 1.27. The molecule has 2 N–H and O–H groups in total. The van der Waals surface area contributed by atoms with Crippen LogP contribution in [0.1, 0.15) is 43.4 Å². The third kappa shape index (κ3) is 5.23. The number of pyridine rings is 1. The fraction of sp³-hybridized carbons (Fsp3) is 0.500. The first-order chi connectivity index (χ1) is 14.7. The number of hydrogen-bond donors (Lipinski definition) is 2. The molecular weight excluding hydrogens is 374 g/mol. The van der Waals surface area contributed by atoms with Gasteiger partial charge in [0.1, 0.15) is 11.6 Å². The number of aromatic nitrogens is 1. The summed E-state index contributed by atoms with van der Waals surface area (Å²) < 4.78 is 6.15. The van der Waals surface area contributed by atoms with Gasteiger partial charge in [0, 0.05) is 44.0 Å². The molecule has 6 nitrogen and oxygen atoms in total. The molecule has 0 atom stereocenters. The molecule has 2 aromatic rings. The average molecular weight is 408 g/mol. The van der Waals surface area contributed by atoms with E-state index in [-0.39, 0.29) is 0 Å². The fourth-order valence-electron chi connectivity index (χ4n) is 3.96. The van der Waals surface area contributed by atoms with Crippen molar-refractivity contribution in [2.75, 3.05) is 25.0 Å². The van der Waals surface area contributed by atoms with Gasteiger partial charge in [0.05, 0.1) is 6.10 Å². The number of nitrogens with one attached hydrogen (secondary N) is 2. The summed E-state index contributed by atoms with van der Waals surface area (Å²) in [5.74, 6) is 2.92. The molecule has 6 heteroatoms. The second kappa shape index (κ2) is 9.83. The maximum Gasteiger partial charge on any atom is 0.191 e. The summed E-state index contributed by atoms with van der Waals surface area (Å²) in [4.78, 5) is 11.5. The highest BCUT2D eigenvalue weighted by Crippen LogP contribution is 2.27. The number of aryl methyl sites for hydroxylation is 1. The molecule has 0 spiro atoms.